The highest BCUT2D eigenvalue weighted by atomic mass is 32.2. The number of likely N-dealkylation sites (tertiary alicyclic amines) is 1. The van der Waals surface area contributed by atoms with Gasteiger partial charge in [0.05, 0.1) is 20.0 Å². The highest BCUT2D eigenvalue weighted by molar-refractivity contribution is 7.89. The molecule has 0 aliphatic carbocycles. The quantitative estimate of drug-likeness (QED) is 0.367. The average Bonchev–Trinajstić information content (AvgIpc) is 2.97. The molecule has 1 aromatic heterocycles. The second kappa shape index (κ2) is 12.2. The van der Waals surface area contributed by atoms with Crippen molar-refractivity contribution < 1.29 is 27.7 Å². The molecule has 1 atom stereocenters. The minimum Gasteiger partial charge on any atom is -0.497 e. The summed E-state index contributed by atoms with van der Waals surface area (Å²) in [5.74, 6) is 2.01. The van der Waals surface area contributed by atoms with Crippen LogP contribution in [0.25, 0.3) is 5.57 Å². The zero-order chi connectivity index (χ0) is 27.2. The van der Waals surface area contributed by atoms with Crippen molar-refractivity contribution in [3.8, 4) is 17.2 Å². The number of piperidine rings is 1. The molecule has 0 amide bonds. The Balaban J connectivity index is 1.06. The first-order valence-electron chi connectivity index (χ1n) is 13.0. The number of pyridine rings is 1. The van der Waals surface area contributed by atoms with E-state index in [1.807, 2.05) is 36.4 Å². The Morgan fingerprint density at radius 3 is 2.59 bits per heavy atom. The van der Waals surface area contributed by atoms with Gasteiger partial charge in [-0.3, -0.25) is 4.98 Å². The molecule has 2 aliphatic heterocycles. The van der Waals surface area contributed by atoms with Gasteiger partial charge in [-0.25, -0.2) is 13.1 Å². The number of ether oxygens (including phenoxy) is 3. The number of nitrogens with one attached hydrogen (secondary N) is 1. The van der Waals surface area contributed by atoms with Crippen LogP contribution in [0.15, 0.2) is 78.1 Å². The van der Waals surface area contributed by atoms with Gasteiger partial charge in [0, 0.05) is 42.2 Å². The molecule has 1 saturated heterocycles. The van der Waals surface area contributed by atoms with Gasteiger partial charge in [0.15, 0.2) is 0 Å². The van der Waals surface area contributed by atoms with Crippen LogP contribution >= 0.6 is 0 Å². The molecular formula is C29H33N3O6S. The first-order chi connectivity index (χ1) is 18.9. The zero-order valence-corrected chi connectivity index (χ0v) is 22.6. The minimum atomic E-state index is -3.54. The molecule has 10 heteroatoms. The lowest BCUT2D eigenvalue weighted by molar-refractivity contribution is 0.189. The Morgan fingerprint density at radius 2 is 1.87 bits per heavy atom. The molecule has 2 N–H and O–H groups in total. The number of nitrogens with zero attached hydrogens (tertiary/aromatic N) is 2. The van der Waals surface area contributed by atoms with Crippen molar-refractivity contribution in [2.45, 2.75) is 36.3 Å². The number of methoxy groups -OCH3 is 1. The molecule has 39 heavy (non-hydrogen) atoms. The van der Waals surface area contributed by atoms with Gasteiger partial charge in [-0.1, -0.05) is 12.1 Å². The lowest BCUT2D eigenvalue weighted by Gasteiger charge is -2.32. The molecule has 0 radical (unpaired) electrons. The van der Waals surface area contributed by atoms with Crippen molar-refractivity contribution >= 4 is 15.6 Å². The molecule has 2 aliphatic rings. The largest absolute Gasteiger partial charge is 0.497 e. The third-order valence-electron chi connectivity index (χ3n) is 7.05. The molecule has 1 unspecified atom stereocenters. The molecule has 2 aromatic carbocycles. The van der Waals surface area contributed by atoms with Crippen molar-refractivity contribution in [2.24, 2.45) is 0 Å². The summed E-state index contributed by atoms with van der Waals surface area (Å²) in [6, 6.07) is 16.1. The van der Waals surface area contributed by atoms with E-state index in [4.69, 9.17) is 14.2 Å². The maximum Gasteiger partial charge on any atom is 0.242 e. The fourth-order valence-electron chi connectivity index (χ4n) is 4.85. The highest BCUT2D eigenvalue weighted by Gasteiger charge is 2.26. The molecule has 1 fully saturated rings. The Kier molecular flexibility index (Phi) is 8.47. The Labute approximate surface area is 229 Å². The van der Waals surface area contributed by atoms with Gasteiger partial charge in [-0.15, -0.1) is 0 Å². The minimum absolute atomic E-state index is 0.0761. The van der Waals surface area contributed by atoms with Gasteiger partial charge in [-0.05, 0) is 74.3 Å². The third kappa shape index (κ3) is 6.59. The van der Waals surface area contributed by atoms with E-state index in [1.54, 1.807) is 37.8 Å². The maximum absolute atomic E-state index is 12.5. The van der Waals surface area contributed by atoms with Crippen molar-refractivity contribution in [2.75, 3.05) is 33.4 Å². The van der Waals surface area contributed by atoms with E-state index in [2.05, 4.69) is 14.6 Å². The lowest BCUT2D eigenvalue weighted by Crippen LogP contribution is -2.44. The van der Waals surface area contributed by atoms with Gasteiger partial charge in [0.2, 0.25) is 10.0 Å². The SMILES string of the molecule is COc1ccc(C2=COc3cc(OCCCN4CCC(NS(=O)(=O)c5cccnc5)CC4)ccc3C2O)cc1. The van der Waals surface area contributed by atoms with Crippen molar-refractivity contribution in [3.05, 3.63) is 84.4 Å². The summed E-state index contributed by atoms with van der Waals surface area (Å²) in [6.45, 7) is 3.07. The van der Waals surface area contributed by atoms with Crippen LogP contribution in [0, 0.1) is 0 Å². The first-order valence-corrected chi connectivity index (χ1v) is 14.5. The van der Waals surface area contributed by atoms with Crippen molar-refractivity contribution in [1.82, 2.24) is 14.6 Å². The van der Waals surface area contributed by atoms with Gasteiger partial charge in [0.25, 0.3) is 0 Å². The summed E-state index contributed by atoms with van der Waals surface area (Å²) in [6.07, 6.45) is 6.07. The topological polar surface area (TPSA) is 110 Å². The monoisotopic (exact) mass is 551 g/mol. The molecule has 206 valence electrons. The maximum atomic E-state index is 12.5. The Morgan fingerprint density at radius 1 is 1.10 bits per heavy atom. The van der Waals surface area contributed by atoms with Gasteiger partial charge in [-0.2, -0.15) is 0 Å². The second-order valence-electron chi connectivity index (χ2n) is 9.65. The fourth-order valence-corrected chi connectivity index (χ4v) is 6.11. The summed E-state index contributed by atoms with van der Waals surface area (Å²) in [5, 5.41) is 10.9. The summed E-state index contributed by atoms with van der Waals surface area (Å²) >= 11 is 0. The smallest absolute Gasteiger partial charge is 0.242 e. The zero-order valence-electron chi connectivity index (χ0n) is 21.8. The van der Waals surface area contributed by atoms with Crippen LogP contribution in [0.1, 0.15) is 36.5 Å². The first kappa shape index (κ1) is 27.1. The number of rotatable bonds is 10. The van der Waals surface area contributed by atoms with Crippen LogP contribution in [0.3, 0.4) is 0 Å². The van der Waals surface area contributed by atoms with E-state index in [0.29, 0.717) is 29.2 Å². The predicted molar refractivity (Wildman–Crippen MR) is 147 cm³/mol. The molecule has 0 bridgehead atoms. The van der Waals surface area contributed by atoms with Gasteiger partial charge >= 0.3 is 0 Å². The third-order valence-corrected chi connectivity index (χ3v) is 8.56. The lowest BCUT2D eigenvalue weighted by atomic mass is 9.94. The van der Waals surface area contributed by atoms with Crippen LogP contribution in [-0.4, -0.2) is 62.8 Å². The molecule has 0 saturated carbocycles. The molecule has 3 heterocycles. The number of benzene rings is 2. The molecular weight excluding hydrogens is 518 g/mol. The van der Waals surface area contributed by atoms with Crippen LogP contribution in [-0.2, 0) is 10.0 Å². The predicted octanol–water partition coefficient (Wildman–Crippen LogP) is 3.77. The number of aromatic nitrogens is 1. The summed E-state index contributed by atoms with van der Waals surface area (Å²) in [4.78, 5) is 6.42. The van der Waals surface area contributed by atoms with E-state index in [9.17, 15) is 13.5 Å². The molecule has 3 aromatic rings. The summed E-state index contributed by atoms with van der Waals surface area (Å²) < 4.78 is 44.9. The van der Waals surface area contributed by atoms with Gasteiger partial charge in [0.1, 0.15) is 28.2 Å². The van der Waals surface area contributed by atoms with Crippen molar-refractivity contribution in [1.29, 1.82) is 0 Å². The summed E-state index contributed by atoms with van der Waals surface area (Å²) in [7, 11) is -1.93. The number of hydrogen-bond donors (Lipinski definition) is 2. The Hall–Kier alpha value is -3.44. The number of fused-ring (bicyclic) bond motifs is 1. The second-order valence-corrected chi connectivity index (χ2v) is 11.4. The fraction of sp³-hybridized carbons (Fsp3) is 0.345. The number of aliphatic hydroxyl groups excluding tert-OH is 1. The van der Waals surface area contributed by atoms with E-state index < -0.39 is 16.1 Å². The number of aliphatic hydroxyl groups is 1. The molecule has 5 rings (SSSR count). The van der Waals surface area contributed by atoms with Gasteiger partial charge < -0.3 is 24.2 Å². The summed E-state index contributed by atoms with van der Waals surface area (Å²) in [5.41, 5.74) is 2.24. The van der Waals surface area contributed by atoms with E-state index in [1.165, 1.54) is 6.20 Å². The number of sulfonamides is 1. The van der Waals surface area contributed by atoms with Crippen LogP contribution < -0.4 is 18.9 Å². The molecule has 9 nitrogen and oxygen atoms in total. The average molecular weight is 552 g/mol. The van der Waals surface area contributed by atoms with Crippen LogP contribution in [0.2, 0.25) is 0 Å². The van der Waals surface area contributed by atoms with Crippen LogP contribution in [0.4, 0.5) is 0 Å². The van der Waals surface area contributed by atoms with Crippen molar-refractivity contribution in [3.63, 3.8) is 0 Å². The normalized spacial score (nSPS) is 18.1. The van der Waals surface area contributed by atoms with E-state index >= 15 is 0 Å². The van der Waals surface area contributed by atoms with E-state index in [-0.39, 0.29) is 10.9 Å². The molecule has 0 spiro atoms. The standard InChI is InChI=1S/C29H33N3O6S/c1-36-23-7-5-21(6-8-23)27-20-38-28-18-24(9-10-26(28)29(27)33)37-17-3-14-32-15-11-22(12-16-32)31-39(34,35)25-4-2-13-30-19-25/h2,4-10,13,18-20,22,29,31,33H,3,11-12,14-17H2,1H3. The Bertz CT molecular complexity index is 1390. The highest BCUT2D eigenvalue weighted by Crippen LogP contribution is 2.41. The van der Waals surface area contributed by atoms with E-state index in [0.717, 1.165) is 50.2 Å². The number of hydrogen-bond acceptors (Lipinski definition) is 8. The van der Waals surface area contributed by atoms with Crippen LogP contribution in [0.5, 0.6) is 17.2 Å².